The van der Waals surface area contributed by atoms with Gasteiger partial charge >= 0.3 is 5.97 Å². The average Bonchev–Trinajstić information content (AvgIpc) is 3.12. The maximum atomic E-state index is 12.8. The monoisotopic (exact) mass is 363 g/mol. The van der Waals surface area contributed by atoms with Gasteiger partial charge in [-0.25, -0.2) is 0 Å². The first-order valence-corrected chi connectivity index (χ1v) is 10.6. The van der Waals surface area contributed by atoms with E-state index in [1.165, 1.54) is 32.1 Å². The Kier molecular flexibility index (Phi) is 4.15. The number of hydrogen-bond donors (Lipinski definition) is 0. The molecule has 3 aliphatic heterocycles. The van der Waals surface area contributed by atoms with E-state index in [0.29, 0.717) is 17.9 Å². The zero-order valence-electron chi connectivity index (χ0n) is 16.2. The van der Waals surface area contributed by atoms with Crippen LogP contribution in [0.2, 0.25) is 0 Å². The molecule has 0 amide bonds. The standard InChI is InChI=1S/C21H33NO4/c1-20-6-4-7-21(13-25-21)18(20)9-15-16(19(23)26-17(15)10-20)11-22-8-3-5-14(22)12-24-2/h14-18H,3-13H2,1-2H3. The number of esters is 1. The first-order valence-electron chi connectivity index (χ1n) is 10.6. The summed E-state index contributed by atoms with van der Waals surface area (Å²) in [4.78, 5) is 15.3. The third kappa shape index (κ3) is 2.65. The largest absolute Gasteiger partial charge is 0.462 e. The van der Waals surface area contributed by atoms with Gasteiger partial charge < -0.3 is 14.2 Å². The predicted octanol–water partition coefficient (Wildman–Crippen LogP) is 2.62. The van der Waals surface area contributed by atoms with E-state index < -0.39 is 0 Å². The molecule has 0 N–H and O–H groups in total. The first-order chi connectivity index (χ1) is 12.5. The molecule has 146 valence electrons. The van der Waals surface area contributed by atoms with E-state index in [4.69, 9.17) is 14.2 Å². The average molecular weight is 363 g/mol. The van der Waals surface area contributed by atoms with Gasteiger partial charge in [0.15, 0.2) is 0 Å². The highest BCUT2D eigenvalue weighted by Crippen LogP contribution is 2.62. The number of nitrogens with zero attached hydrogens (tertiary/aromatic N) is 1. The lowest BCUT2D eigenvalue weighted by molar-refractivity contribution is -0.147. The number of likely N-dealkylation sites (tertiary alicyclic amines) is 1. The lowest BCUT2D eigenvalue weighted by atomic mass is 9.53. The van der Waals surface area contributed by atoms with E-state index in [1.54, 1.807) is 7.11 Å². The SMILES string of the molecule is COCC1CCCN1CC1C(=O)OC2CC3(C)CCCC4(CO4)C3CC21. The summed E-state index contributed by atoms with van der Waals surface area (Å²) in [7, 11) is 1.77. The van der Waals surface area contributed by atoms with Crippen molar-refractivity contribution in [1.29, 1.82) is 0 Å². The molecule has 5 fully saturated rings. The minimum Gasteiger partial charge on any atom is -0.462 e. The van der Waals surface area contributed by atoms with Crippen LogP contribution in [-0.4, -0.2) is 62.0 Å². The van der Waals surface area contributed by atoms with Crippen molar-refractivity contribution >= 4 is 5.97 Å². The van der Waals surface area contributed by atoms with Crippen LogP contribution >= 0.6 is 0 Å². The molecule has 5 nitrogen and oxygen atoms in total. The molecule has 0 bridgehead atoms. The predicted molar refractivity (Wildman–Crippen MR) is 96.7 cm³/mol. The summed E-state index contributed by atoms with van der Waals surface area (Å²) < 4.78 is 17.4. The molecule has 5 heteroatoms. The lowest BCUT2D eigenvalue weighted by Crippen LogP contribution is -2.51. The molecule has 0 aromatic carbocycles. The van der Waals surface area contributed by atoms with E-state index in [1.807, 2.05) is 0 Å². The van der Waals surface area contributed by atoms with Crippen LogP contribution in [0.3, 0.4) is 0 Å². The highest BCUT2D eigenvalue weighted by molar-refractivity contribution is 5.75. The third-order valence-corrected chi connectivity index (χ3v) is 8.37. The number of hydrogen-bond acceptors (Lipinski definition) is 5. The van der Waals surface area contributed by atoms with Gasteiger partial charge in [-0.05, 0) is 62.8 Å². The van der Waals surface area contributed by atoms with Crippen molar-refractivity contribution in [1.82, 2.24) is 4.90 Å². The molecule has 0 radical (unpaired) electrons. The van der Waals surface area contributed by atoms with Crippen LogP contribution in [0, 0.1) is 23.2 Å². The molecule has 0 aromatic rings. The summed E-state index contributed by atoms with van der Waals surface area (Å²) >= 11 is 0. The Morgan fingerprint density at radius 1 is 1.31 bits per heavy atom. The zero-order chi connectivity index (χ0) is 17.9. The number of epoxide rings is 1. The second-order valence-corrected chi connectivity index (χ2v) is 9.85. The minimum atomic E-state index is 0.0414. The van der Waals surface area contributed by atoms with Crippen molar-refractivity contribution in [3.63, 3.8) is 0 Å². The molecule has 2 aliphatic carbocycles. The molecule has 0 aromatic heterocycles. The molecular weight excluding hydrogens is 330 g/mol. The van der Waals surface area contributed by atoms with E-state index in [0.717, 1.165) is 39.1 Å². The number of ether oxygens (including phenoxy) is 3. The molecule has 26 heavy (non-hydrogen) atoms. The van der Waals surface area contributed by atoms with Gasteiger partial charge in [0.2, 0.25) is 0 Å². The van der Waals surface area contributed by atoms with Gasteiger partial charge in [0.05, 0.1) is 24.7 Å². The number of fused-ring (bicyclic) bond motifs is 3. The highest BCUT2D eigenvalue weighted by atomic mass is 16.6. The van der Waals surface area contributed by atoms with E-state index in [2.05, 4.69) is 11.8 Å². The van der Waals surface area contributed by atoms with Crippen molar-refractivity contribution in [2.24, 2.45) is 23.2 Å². The normalized spacial score (nSPS) is 50.5. The van der Waals surface area contributed by atoms with Gasteiger partial charge in [-0.3, -0.25) is 9.69 Å². The fourth-order valence-electron chi connectivity index (χ4n) is 6.93. The summed E-state index contributed by atoms with van der Waals surface area (Å²) in [5.41, 5.74) is 0.428. The second kappa shape index (κ2) is 6.18. The smallest absolute Gasteiger partial charge is 0.310 e. The maximum absolute atomic E-state index is 12.8. The second-order valence-electron chi connectivity index (χ2n) is 9.85. The molecule has 5 rings (SSSR count). The summed E-state index contributed by atoms with van der Waals surface area (Å²) in [5.74, 6) is 1.08. The molecule has 7 unspecified atom stereocenters. The van der Waals surface area contributed by atoms with Gasteiger partial charge in [-0.15, -0.1) is 0 Å². The maximum Gasteiger partial charge on any atom is 0.310 e. The van der Waals surface area contributed by atoms with Crippen LogP contribution in [0.4, 0.5) is 0 Å². The Morgan fingerprint density at radius 2 is 2.15 bits per heavy atom. The Balaban J connectivity index is 1.34. The molecule has 1 spiro atoms. The first kappa shape index (κ1) is 17.4. The van der Waals surface area contributed by atoms with Crippen LogP contribution in [0.1, 0.15) is 51.9 Å². The van der Waals surface area contributed by atoms with Crippen LogP contribution in [0.5, 0.6) is 0 Å². The van der Waals surface area contributed by atoms with Gasteiger partial charge in [0.1, 0.15) is 6.10 Å². The summed E-state index contributed by atoms with van der Waals surface area (Å²) in [6.07, 6.45) is 8.41. The number of carbonyl (C=O) groups is 1. The lowest BCUT2D eigenvalue weighted by Gasteiger charge is -2.51. The topological polar surface area (TPSA) is 51.3 Å². The van der Waals surface area contributed by atoms with Gasteiger partial charge in [-0.1, -0.05) is 6.92 Å². The molecular formula is C21H33NO4. The fourth-order valence-corrected chi connectivity index (χ4v) is 6.93. The van der Waals surface area contributed by atoms with Gasteiger partial charge in [0.25, 0.3) is 0 Å². The Labute approximate surface area is 156 Å². The fraction of sp³-hybridized carbons (Fsp3) is 0.952. The Morgan fingerprint density at radius 3 is 2.92 bits per heavy atom. The van der Waals surface area contributed by atoms with E-state index >= 15 is 0 Å². The number of methoxy groups -OCH3 is 1. The van der Waals surface area contributed by atoms with Crippen molar-refractivity contribution in [2.75, 3.05) is 33.4 Å². The van der Waals surface area contributed by atoms with E-state index in [9.17, 15) is 4.79 Å². The van der Waals surface area contributed by atoms with Crippen molar-refractivity contribution in [3.8, 4) is 0 Å². The Bertz CT molecular complexity index is 576. The number of carbonyl (C=O) groups excluding carboxylic acids is 1. The zero-order valence-corrected chi connectivity index (χ0v) is 16.2. The highest BCUT2D eigenvalue weighted by Gasteiger charge is 2.65. The molecule has 2 saturated carbocycles. The van der Waals surface area contributed by atoms with Gasteiger partial charge in [0, 0.05) is 25.6 Å². The molecule has 3 saturated heterocycles. The van der Waals surface area contributed by atoms with Crippen molar-refractivity contribution in [2.45, 2.75) is 69.6 Å². The van der Waals surface area contributed by atoms with Crippen molar-refractivity contribution < 1.29 is 19.0 Å². The number of rotatable bonds is 4. The Hall–Kier alpha value is -0.650. The summed E-state index contributed by atoms with van der Waals surface area (Å²) in [6, 6.07) is 0.466. The quantitative estimate of drug-likeness (QED) is 0.568. The molecule has 3 heterocycles. The van der Waals surface area contributed by atoms with Crippen LogP contribution in [0.15, 0.2) is 0 Å². The van der Waals surface area contributed by atoms with Crippen LogP contribution in [-0.2, 0) is 19.0 Å². The van der Waals surface area contributed by atoms with Crippen LogP contribution in [0.25, 0.3) is 0 Å². The van der Waals surface area contributed by atoms with Crippen LogP contribution < -0.4 is 0 Å². The summed E-state index contributed by atoms with van der Waals surface area (Å²) in [6.45, 7) is 6.07. The van der Waals surface area contributed by atoms with Crippen molar-refractivity contribution in [3.05, 3.63) is 0 Å². The molecule has 7 atom stereocenters. The van der Waals surface area contributed by atoms with Gasteiger partial charge in [-0.2, -0.15) is 0 Å². The minimum absolute atomic E-state index is 0.0414. The third-order valence-electron chi connectivity index (χ3n) is 8.37. The molecule has 5 aliphatic rings. The summed E-state index contributed by atoms with van der Waals surface area (Å²) in [5, 5.41) is 0. The van der Waals surface area contributed by atoms with E-state index in [-0.39, 0.29) is 29.0 Å².